The molecule has 0 aliphatic heterocycles. The van der Waals surface area contributed by atoms with Crippen LogP contribution in [0.5, 0.6) is 5.75 Å². The molecule has 0 aliphatic carbocycles. The Kier molecular flexibility index (Phi) is 5.81. The largest absolute Gasteiger partial charge is 0.496 e. The summed E-state index contributed by atoms with van der Waals surface area (Å²) >= 11 is 0. The predicted molar refractivity (Wildman–Crippen MR) is 105 cm³/mol. The fraction of sp³-hybridized carbons (Fsp3) is 0.227. The first-order valence-corrected chi connectivity index (χ1v) is 8.85. The van der Waals surface area contributed by atoms with E-state index >= 15 is 0 Å². The van der Waals surface area contributed by atoms with E-state index in [9.17, 15) is 9.59 Å². The van der Waals surface area contributed by atoms with E-state index in [0.717, 1.165) is 16.5 Å². The second-order valence-corrected chi connectivity index (χ2v) is 6.35. The number of benzene rings is 2. The van der Waals surface area contributed by atoms with Crippen LogP contribution in [0.15, 0.2) is 54.7 Å². The van der Waals surface area contributed by atoms with E-state index in [4.69, 9.17) is 4.74 Å². The number of para-hydroxylation sites is 1. The molecule has 2 aromatic carbocycles. The van der Waals surface area contributed by atoms with Gasteiger partial charge in [-0.1, -0.05) is 24.3 Å². The van der Waals surface area contributed by atoms with Gasteiger partial charge in [-0.25, -0.2) is 0 Å². The molecule has 0 bridgehead atoms. The number of fused-ring (bicyclic) bond motifs is 1. The maximum atomic E-state index is 12.3. The minimum absolute atomic E-state index is 0.0391. The van der Waals surface area contributed by atoms with Crippen molar-refractivity contribution in [1.82, 2.24) is 10.3 Å². The monoisotopic (exact) mass is 362 g/mol. The van der Waals surface area contributed by atoms with Crippen LogP contribution >= 0.6 is 0 Å². The zero-order valence-electron chi connectivity index (χ0n) is 15.5. The Bertz CT molecular complexity index is 977. The Morgan fingerprint density at radius 2 is 1.89 bits per heavy atom. The number of hydrogen-bond acceptors (Lipinski definition) is 4. The fourth-order valence-corrected chi connectivity index (χ4v) is 3.08. The van der Waals surface area contributed by atoms with Gasteiger partial charge in [0.05, 0.1) is 19.0 Å². The van der Waals surface area contributed by atoms with Crippen LogP contribution in [0.1, 0.15) is 28.4 Å². The van der Waals surface area contributed by atoms with Crippen molar-refractivity contribution in [2.45, 2.75) is 19.8 Å². The third-order valence-corrected chi connectivity index (χ3v) is 4.47. The number of ketones is 1. The molecule has 5 heteroatoms. The van der Waals surface area contributed by atoms with Crippen LogP contribution in [0.4, 0.5) is 0 Å². The molecular weight excluding hydrogens is 340 g/mol. The van der Waals surface area contributed by atoms with Crippen LogP contribution in [0.2, 0.25) is 0 Å². The summed E-state index contributed by atoms with van der Waals surface area (Å²) in [7, 11) is 1.55. The van der Waals surface area contributed by atoms with Crippen molar-refractivity contribution in [3.05, 3.63) is 71.4 Å². The summed E-state index contributed by atoms with van der Waals surface area (Å²) in [5.74, 6) is 0.457. The van der Waals surface area contributed by atoms with E-state index in [-0.39, 0.29) is 18.1 Å². The van der Waals surface area contributed by atoms with Crippen LogP contribution in [0.25, 0.3) is 10.9 Å². The summed E-state index contributed by atoms with van der Waals surface area (Å²) < 4.78 is 5.30. The van der Waals surface area contributed by atoms with Crippen LogP contribution < -0.4 is 10.1 Å². The molecule has 3 aromatic rings. The number of ether oxygens (including phenoxy) is 1. The minimum atomic E-state index is -0.109. The second-order valence-electron chi connectivity index (χ2n) is 6.35. The molecule has 0 atom stereocenters. The van der Waals surface area contributed by atoms with E-state index in [1.165, 1.54) is 6.92 Å². The molecular formula is C22H22N2O3. The van der Waals surface area contributed by atoms with Crippen molar-refractivity contribution in [2.24, 2.45) is 0 Å². The van der Waals surface area contributed by atoms with Gasteiger partial charge in [0.2, 0.25) is 5.91 Å². The lowest BCUT2D eigenvalue weighted by Gasteiger charge is -2.11. The summed E-state index contributed by atoms with van der Waals surface area (Å²) in [6.45, 7) is 2.02. The van der Waals surface area contributed by atoms with Gasteiger partial charge in [-0.3, -0.25) is 14.6 Å². The number of aromatic nitrogens is 1. The molecule has 27 heavy (non-hydrogen) atoms. The summed E-state index contributed by atoms with van der Waals surface area (Å²) in [5.41, 5.74) is 3.34. The van der Waals surface area contributed by atoms with E-state index in [1.807, 2.05) is 30.3 Å². The zero-order valence-corrected chi connectivity index (χ0v) is 15.5. The number of hydrogen-bond donors (Lipinski definition) is 1. The SMILES string of the molecule is COc1ccc(C(C)=O)cc1CC(=O)NCCc1cccc2cccnc12. The maximum Gasteiger partial charge on any atom is 0.224 e. The second kappa shape index (κ2) is 8.45. The van der Waals surface area contributed by atoms with Gasteiger partial charge in [0.1, 0.15) is 5.75 Å². The molecule has 0 saturated carbocycles. The first-order valence-electron chi connectivity index (χ1n) is 8.85. The number of carbonyl (C=O) groups excluding carboxylic acids is 2. The van der Waals surface area contributed by atoms with Gasteiger partial charge in [-0.15, -0.1) is 0 Å². The summed E-state index contributed by atoms with van der Waals surface area (Å²) in [6, 6.07) is 15.1. The summed E-state index contributed by atoms with van der Waals surface area (Å²) in [6.07, 6.45) is 2.64. The molecule has 5 nitrogen and oxygen atoms in total. The zero-order chi connectivity index (χ0) is 19.2. The number of amides is 1. The highest BCUT2D eigenvalue weighted by molar-refractivity contribution is 5.94. The molecule has 3 rings (SSSR count). The number of rotatable bonds is 7. The molecule has 138 valence electrons. The summed E-state index contributed by atoms with van der Waals surface area (Å²) in [4.78, 5) is 28.4. The number of methoxy groups -OCH3 is 1. The first-order chi connectivity index (χ1) is 13.1. The Hall–Kier alpha value is -3.21. The third kappa shape index (κ3) is 4.50. The fourth-order valence-electron chi connectivity index (χ4n) is 3.08. The van der Waals surface area contributed by atoms with Gasteiger partial charge in [0.15, 0.2) is 5.78 Å². The molecule has 1 amide bonds. The van der Waals surface area contributed by atoms with Crippen LogP contribution in [-0.2, 0) is 17.6 Å². The molecule has 1 N–H and O–H groups in total. The van der Waals surface area contributed by atoms with Crippen molar-refractivity contribution < 1.29 is 14.3 Å². The van der Waals surface area contributed by atoms with Crippen LogP contribution in [0, 0.1) is 0 Å². The van der Waals surface area contributed by atoms with Gasteiger partial charge in [0, 0.05) is 29.3 Å². The van der Waals surface area contributed by atoms with Gasteiger partial charge >= 0.3 is 0 Å². The highest BCUT2D eigenvalue weighted by atomic mass is 16.5. The van der Waals surface area contributed by atoms with Crippen molar-refractivity contribution in [3.8, 4) is 5.75 Å². The average Bonchev–Trinajstić information content (AvgIpc) is 2.68. The average molecular weight is 362 g/mol. The quantitative estimate of drug-likeness (QED) is 0.655. The Morgan fingerprint density at radius 1 is 1.07 bits per heavy atom. The lowest BCUT2D eigenvalue weighted by molar-refractivity contribution is -0.120. The number of Topliss-reactive ketones (excluding diaryl/α,β-unsaturated/α-hetero) is 1. The topological polar surface area (TPSA) is 68.3 Å². The highest BCUT2D eigenvalue weighted by Gasteiger charge is 2.11. The molecule has 0 radical (unpaired) electrons. The molecule has 0 aliphatic rings. The van der Waals surface area contributed by atoms with Gasteiger partial charge < -0.3 is 10.1 Å². The van der Waals surface area contributed by atoms with Crippen molar-refractivity contribution in [1.29, 1.82) is 0 Å². The predicted octanol–water partition coefficient (Wildman–Crippen LogP) is 3.35. The molecule has 0 unspecified atom stereocenters. The highest BCUT2D eigenvalue weighted by Crippen LogP contribution is 2.21. The first kappa shape index (κ1) is 18.6. The lowest BCUT2D eigenvalue weighted by Crippen LogP contribution is -2.27. The van der Waals surface area contributed by atoms with Crippen molar-refractivity contribution in [2.75, 3.05) is 13.7 Å². The van der Waals surface area contributed by atoms with E-state index in [1.54, 1.807) is 31.5 Å². The molecule has 0 fully saturated rings. The lowest BCUT2D eigenvalue weighted by atomic mass is 10.0. The minimum Gasteiger partial charge on any atom is -0.496 e. The van der Waals surface area contributed by atoms with Gasteiger partial charge in [-0.2, -0.15) is 0 Å². The number of carbonyl (C=O) groups is 2. The van der Waals surface area contributed by atoms with Crippen LogP contribution in [0.3, 0.4) is 0 Å². The molecule has 0 saturated heterocycles. The van der Waals surface area contributed by atoms with Crippen molar-refractivity contribution >= 4 is 22.6 Å². The van der Waals surface area contributed by atoms with Crippen molar-refractivity contribution in [3.63, 3.8) is 0 Å². The van der Waals surface area contributed by atoms with Gasteiger partial charge in [-0.05, 0) is 43.2 Å². The Balaban J connectivity index is 1.63. The Morgan fingerprint density at radius 3 is 2.67 bits per heavy atom. The van der Waals surface area contributed by atoms with E-state index in [0.29, 0.717) is 29.8 Å². The standard InChI is InChI=1S/C22H22N2O3/c1-15(25)18-8-9-20(27-2)19(13-18)14-21(26)23-12-10-17-6-3-5-16-7-4-11-24-22(16)17/h3-9,11,13H,10,12,14H2,1-2H3,(H,23,26). The van der Waals surface area contributed by atoms with E-state index in [2.05, 4.69) is 10.3 Å². The molecule has 0 spiro atoms. The van der Waals surface area contributed by atoms with E-state index < -0.39 is 0 Å². The number of nitrogens with one attached hydrogen (secondary N) is 1. The third-order valence-electron chi connectivity index (χ3n) is 4.47. The number of nitrogens with zero attached hydrogens (tertiary/aromatic N) is 1. The maximum absolute atomic E-state index is 12.3. The molecule has 1 aromatic heterocycles. The number of pyridine rings is 1. The Labute approximate surface area is 158 Å². The van der Waals surface area contributed by atoms with Gasteiger partial charge in [0.25, 0.3) is 0 Å². The molecule has 1 heterocycles. The normalized spacial score (nSPS) is 10.6. The summed E-state index contributed by atoms with van der Waals surface area (Å²) in [5, 5.41) is 4.03. The van der Waals surface area contributed by atoms with Crippen LogP contribution in [-0.4, -0.2) is 30.3 Å². The smallest absolute Gasteiger partial charge is 0.224 e.